The van der Waals surface area contributed by atoms with Crippen LogP contribution < -0.4 is 5.73 Å². The monoisotopic (exact) mass is 111 g/mol. The molecule has 4 nitrogen and oxygen atoms in total. The number of hydrogen-bond donors (Lipinski definition) is 1. The van der Waals surface area contributed by atoms with E-state index in [1.54, 1.807) is 0 Å². The Morgan fingerprint density at radius 2 is 2.25 bits per heavy atom. The first kappa shape index (κ1) is 6.63. The van der Waals surface area contributed by atoms with Crippen molar-refractivity contribution in [2.24, 2.45) is 11.7 Å². The first-order chi connectivity index (χ1) is 3.72. The van der Waals surface area contributed by atoms with Gasteiger partial charge in [-0.25, -0.2) is 0 Å². The number of primary amides is 1. The second-order valence-electron chi connectivity index (χ2n) is 1.08. The van der Waals surface area contributed by atoms with Gasteiger partial charge in [-0.05, 0) is 0 Å². The van der Waals surface area contributed by atoms with E-state index in [0.717, 1.165) is 0 Å². The van der Waals surface area contributed by atoms with Gasteiger partial charge in [0.1, 0.15) is 0 Å². The molecule has 0 fully saturated rings. The molecule has 0 heterocycles. The Labute approximate surface area is 45.9 Å². The van der Waals surface area contributed by atoms with Crippen molar-refractivity contribution in [3.05, 3.63) is 0 Å². The second-order valence-corrected chi connectivity index (χ2v) is 1.08. The lowest BCUT2D eigenvalue weighted by atomic mass is 10.2. The lowest BCUT2D eigenvalue weighted by Gasteiger charge is -1.85. The SMILES string of the molecule is N#CC([C]=O)C(N)=O. The van der Waals surface area contributed by atoms with Crippen molar-refractivity contribution < 1.29 is 9.59 Å². The molecule has 0 saturated heterocycles. The third-order valence-electron chi connectivity index (χ3n) is 0.531. The summed E-state index contributed by atoms with van der Waals surface area (Å²) in [5.74, 6) is -2.36. The van der Waals surface area contributed by atoms with E-state index in [-0.39, 0.29) is 0 Å². The quantitative estimate of drug-likeness (QED) is 0.450. The summed E-state index contributed by atoms with van der Waals surface area (Å²) < 4.78 is 0. The molecule has 1 atom stereocenters. The Morgan fingerprint density at radius 3 is 2.25 bits per heavy atom. The van der Waals surface area contributed by atoms with E-state index in [0.29, 0.717) is 0 Å². The number of nitrogens with zero attached hydrogens (tertiary/aromatic N) is 1. The minimum atomic E-state index is -1.41. The summed E-state index contributed by atoms with van der Waals surface area (Å²) >= 11 is 0. The predicted molar refractivity (Wildman–Crippen MR) is 24.0 cm³/mol. The van der Waals surface area contributed by atoms with E-state index in [1.165, 1.54) is 12.4 Å². The van der Waals surface area contributed by atoms with Crippen LogP contribution >= 0.6 is 0 Å². The van der Waals surface area contributed by atoms with Gasteiger partial charge in [0.2, 0.25) is 12.2 Å². The van der Waals surface area contributed by atoms with Crippen LogP contribution in [0.1, 0.15) is 0 Å². The number of carbonyl (C=O) groups is 1. The number of amides is 1. The fraction of sp³-hybridized carbons (Fsp3) is 0.250. The number of carbonyl (C=O) groups excluding carboxylic acids is 2. The first-order valence-electron chi connectivity index (χ1n) is 1.79. The lowest BCUT2D eigenvalue weighted by molar-refractivity contribution is -0.118. The van der Waals surface area contributed by atoms with Gasteiger partial charge in [-0.3, -0.25) is 9.59 Å². The maximum absolute atomic E-state index is 9.90. The van der Waals surface area contributed by atoms with E-state index in [2.05, 4.69) is 5.73 Å². The summed E-state index contributed by atoms with van der Waals surface area (Å²) in [6, 6.07) is 1.35. The van der Waals surface area contributed by atoms with Gasteiger partial charge in [0.25, 0.3) is 0 Å². The number of rotatable bonds is 2. The molecule has 0 aromatic heterocycles. The molecule has 2 N–H and O–H groups in total. The Kier molecular flexibility index (Phi) is 2.28. The number of hydrogen-bond acceptors (Lipinski definition) is 3. The van der Waals surface area contributed by atoms with Crippen LogP contribution in [0.25, 0.3) is 0 Å². The van der Waals surface area contributed by atoms with Crippen molar-refractivity contribution in [2.45, 2.75) is 0 Å². The lowest BCUT2D eigenvalue weighted by Crippen LogP contribution is -2.22. The van der Waals surface area contributed by atoms with Crippen LogP contribution in [0.5, 0.6) is 0 Å². The normalized spacial score (nSPS) is 11.4. The summed E-state index contributed by atoms with van der Waals surface area (Å²) in [5, 5.41) is 7.88. The second kappa shape index (κ2) is 2.75. The van der Waals surface area contributed by atoms with Crippen LogP contribution in [-0.4, -0.2) is 12.2 Å². The molecule has 0 saturated carbocycles. The molecule has 1 unspecified atom stereocenters. The van der Waals surface area contributed by atoms with Crippen LogP contribution in [0.2, 0.25) is 0 Å². The third-order valence-corrected chi connectivity index (χ3v) is 0.531. The zero-order valence-corrected chi connectivity index (χ0v) is 3.92. The van der Waals surface area contributed by atoms with Crippen molar-refractivity contribution in [2.75, 3.05) is 0 Å². The molecule has 4 heteroatoms. The zero-order chi connectivity index (χ0) is 6.57. The zero-order valence-electron chi connectivity index (χ0n) is 3.92. The molecule has 1 amide bonds. The minimum Gasteiger partial charge on any atom is -0.368 e. The van der Waals surface area contributed by atoms with Crippen molar-refractivity contribution >= 4 is 12.2 Å². The Hall–Kier alpha value is -1.37. The molecular weight excluding hydrogens is 108 g/mol. The molecule has 1 radical (unpaired) electrons. The predicted octanol–water partition coefficient (Wildman–Crippen LogP) is -1.28. The van der Waals surface area contributed by atoms with E-state index in [1.807, 2.05) is 0 Å². The average molecular weight is 111 g/mol. The van der Waals surface area contributed by atoms with Crippen molar-refractivity contribution in [1.82, 2.24) is 0 Å². The summed E-state index contributed by atoms with van der Waals surface area (Å²) in [7, 11) is 0. The average Bonchev–Trinajstić information content (AvgIpc) is 1.69. The Morgan fingerprint density at radius 1 is 1.75 bits per heavy atom. The molecule has 0 spiro atoms. The highest BCUT2D eigenvalue weighted by atomic mass is 16.2. The van der Waals surface area contributed by atoms with Crippen LogP contribution in [0, 0.1) is 17.2 Å². The topological polar surface area (TPSA) is 83.9 Å². The smallest absolute Gasteiger partial charge is 0.242 e. The Balaban J connectivity index is 3.95. The molecule has 0 bridgehead atoms. The van der Waals surface area contributed by atoms with Gasteiger partial charge in [0.15, 0.2) is 5.92 Å². The molecule has 8 heavy (non-hydrogen) atoms. The van der Waals surface area contributed by atoms with Crippen LogP contribution in [0.15, 0.2) is 0 Å². The highest BCUT2D eigenvalue weighted by Gasteiger charge is 2.12. The summed E-state index contributed by atoms with van der Waals surface area (Å²) in [6.07, 6.45) is 1.17. The van der Waals surface area contributed by atoms with Crippen molar-refractivity contribution in [3.8, 4) is 6.07 Å². The third kappa shape index (κ3) is 1.39. The van der Waals surface area contributed by atoms with Crippen molar-refractivity contribution in [1.29, 1.82) is 5.26 Å². The summed E-state index contributed by atoms with van der Waals surface area (Å²) in [4.78, 5) is 19.4. The largest absolute Gasteiger partial charge is 0.368 e. The fourth-order valence-corrected chi connectivity index (χ4v) is 0.148. The molecule has 0 aliphatic rings. The fourth-order valence-electron chi connectivity index (χ4n) is 0.148. The Bertz CT molecular complexity index is 147. The molecule has 41 valence electrons. The number of nitriles is 1. The van der Waals surface area contributed by atoms with Crippen LogP contribution in [0.3, 0.4) is 0 Å². The molecular formula is C4H3N2O2. The molecule has 0 aliphatic heterocycles. The maximum atomic E-state index is 9.90. The van der Waals surface area contributed by atoms with Gasteiger partial charge in [-0.2, -0.15) is 5.26 Å². The minimum absolute atomic E-state index is 0.956. The van der Waals surface area contributed by atoms with E-state index < -0.39 is 11.8 Å². The van der Waals surface area contributed by atoms with Gasteiger partial charge < -0.3 is 5.73 Å². The van der Waals surface area contributed by atoms with E-state index >= 15 is 0 Å². The standard InChI is InChI=1S/C4H3N2O2/c5-1-3(2-7)4(6)8/h3H,(H2,6,8). The molecule has 0 rings (SSSR count). The van der Waals surface area contributed by atoms with Crippen LogP contribution in [-0.2, 0) is 9.59 Å². The van der Waals surface area contributed by atoms with E-state index in [4.69, 9.17) is 5.26 Å². The van der Waals surface area contributed by atoms with Gasteiger partial charge >= 0.3 is 0 Å². The molecule has 0 aromatic carbocycles. The van der Waals surface area contributed by atoms with Gasteiger partial charge in [0.05, 0.1) is 6.07 Å². The highest BCUT2D eigenvalue weighted by Crippen LogP contribution is 1.83. The van der Waals surface area contributed by atoms with Crippen LogP contribution in [0.4, 0.5) is 0 Å². The van der Waals surface area contributed by atoms with E-state index in [9.17, 15) is 9.59 Å². The summed E-state index contributed by atoms with van der Waals surface area (Å²) in [5.41, 5.74) is 4.53. The maximum Gasteiger partial charge on any atom is 0.242 e. The first-order valence-corrected chi connectivity index (χ1v) is 1.79. The van der Waals surface area contributed by atoms with Gasteiger partial charge in [-0.15, -0.1) is 0 Å². The summed E-state index contributed by atoms with van der Waals surface area (Å²) in [6.45, 7) is 0. The van der Waals surface area contributed by atoms with Gasteiger partial charge in [-0.1, -0.05) is 0 Å². The molecule has 0 aliphatic carbocycles. The number of nitrogens with two attached hydrogens (primary N) is 1. The molecule has 0 aromatic rings. The highest BCUT2D eigenvalue weighted by molar-refractivity contribution is 5.93. The van der Waals surface area contributed by atoms with Gasteiger partial charge in [0, 0.05) is 0 Å². The van der Waals surface area contributed by atoms with Crippen molar-refractivity contribution in [3.63, 3.8) is 0 Å².